The lowest BCUT2D eigenvalue weighted by Crippen LogP contribution is -2.01. The van der Waals surface area contributed by atoms with Crippen LogP contribution >= 0.6 is 15.9 Å². The molecular formula is C12H15Br. The summed E-state index contributed by atoms with van der Waals surface area (Å²) in [6, 6.07) is 10.8. The fourth-order valence-electron chi connectivity index (χ4n) is 1.64. The zero-order valence-corrected chi connectivity index (χ0v) is 9.33. The van der Waals surface area contributed by atoms with Crippen molar-refractivity contribution >= 4 is 15.9 Å². The van der Waals surface area contributed by atoms with Crippen LogP contribution in [0.2, 0.25) is 0 Å². The van der Waals surface area contributed by atoms with Gasteiger partial charge in [-0.05, 0) is 37.2 Å². The minimum absolute atomic E-state index is 0.757. The molecule has 0 aliphatic heterocycles. The molecule has 0 nitrogen and oxygen atoms in total. The summed E-state index contributed by atoms with van der Waals surface area (Å²) in [6.07, 6.45) is 5.37. The predicted octanol–water partition coefficient (Wildman–Crippen LogP) is 3.79. The summed E-state index contributed by atoms with van der Waals surface area (Å²) in [5, 5.41) is 0. The molecule has 1 fully saturated rings. The number of rotatable bonds is 4. The van der Waals surface area contributed by atoms with Crippen molar-refractivity contribution in [3.05, 3.63) is 35.9 Å². The van der Waals surface area contributed by atoms with E-state index in [2.05, 4.69) is 46.3 Å². The monoisotopic (exact) mass is 238 g/mol. The van der Waals surface area contributed by atoms with Gasteiger partial charge in [-0.25, -0.2) is 0 Å². The molecule has 70 valence electrons. The highest BCUT2D eigenvalue weighted by Gasteiger charge is 2.28. The van der Waals surface area contributed by atoms with Gasteiger partial charge in [0.05, 0.1) is 0 Å². The third-order valence-electron chi connectivity index (χ3n) is 2.69. The first-order valence-electron chi connectivity index (χ1n) is 5.04. The van der Waals surface area contributed by atoms with Gasteiger partial charge in [-0.2, -0.15) is 0 Å². The molecule has 0 aromatic heterocycles. The van der Waals surface area contributed by atoms with E-state index in [1.165, 1.54) is 31.2 Å². The fraction of sp³-hybridized carbons (Fsp3) is 0.500. The van der Waals surface area contributed by atoms with E-state index < -0.39 is 0 Å². The average Bonchev–Trinajstić information content (AvgIpc) is 2.99. The predicted molar refractivity (Wildman–Crippen MR) is 60.2 cm³/mol. The quantitative estimate of drug-likeness (QED) is 0.701. The molecule has 0 amide bonds. The van der Waals surface area contributed by atoms with Crippen molar-refractivity contribution in [1.82, 2.24) is 0 Å². The highest BCUT2D eigenvalue weighted by atomic mass is 79.9. The zero-order chi connectivity index (χ0) is 9.10. The van der Waals surface area contributed by atoms with Gasteiger partial charge < -0.3 is 0 Å². The SMILES string of the molecule is BrC(CCc1ccccc1)C1CC1. The lowest BCUT2D eigenvalue weighted by atomic mass is 10.1. The highest BCUT2D eigenvalue weighted by Crippen LogP contribution is 2.38. The van der Waals surface area contributed by atoms with Crippen LogP contribution in [-0.4, -0.2) is 4.83 Å². The molecule has 1 aromatic carbocycles. The van der Waals surface area contributed by atoms with E-state index in [1.807, 2.05) is 0 Å². The summed E-state index contributed by atoms with van der Waals surface area (Å²) >= 11 is 3.76. The van der Waals surface area contributed by atoms with Crippen LogP contribution in [0.5, 0.6) is 0 Å². The second kappa shape index (κ2) is 4.28. The Morgan fingerprint density at radius 3 is 2.54 bits per heavy atom. The maximum atomic E-state index is 3.76. The molecule has 1 saturated carbocycles. The topological polar surface area (TPSA) is 0 Å². The Labute approximate surface area is 88.5 Å². The van der Waals surface area contributed by atoms with Gasteiger partial charge in [-0.1, -0.05) is 46.3 Å². The van der Waals surface area contributed by atoms with Gasteiger partial charge in [-0.15, -0.1) is 0 Å². The number of hydrogen-bond acceptors (Lipinski definition) is 0. The number of alkyl halides is 1. The van der Waals surface area contributed by atoms with Crippen LogP contribution in [-0.2, 0) is 6.42 Å². The second-order valence-corrected chi connectivity index (χ2v) is 5.05. The van der Waals surface area contributed by atoms with Crippen LogP contribution in [0.4, 0.5) is 0 Å². The number of hydrogen-bond donors (Lipinski definition) is 0. The molecule has 0 radical (unpaired) electrons. The minimum atomic E-state index is 0.757. The zero-order valence-electron chi connectivity index (χ0n) is 7.75. The van der Waals surface area contributed by atoms with Crippen LogP contribution in [0, 0.1) is 5.92 Å². The van der Waals surface area contributed by atoms with Crippen LogP contribution in [0.15, 0.2) is 30.3 Å². The first-order valence-corrected chi connectivity index (χ1v) is 5.96. The summed E-state index contributed by atoms with van der Waals surface area (Å²) in [6.45, 7) is 0. The maximum Gasteiger partial charge on any atom is 0.0177 e. The van der Waals surface area contributed by atoms with Gasteiger partial charge in [0.2, 0.25) is 0 Å². The van der Waals surface area contributed by atoms with Crippen LogP contribution in [0.3, 0.4) is 0 Å². The third kappa shape index (κ3) is 2.84. The van der Waals surface area contributed by atoms with E-state index in [-0.39, 0.29) is 0 Å². The summed E-state index contributed by atoms with van der Waals surface area (Å²) in [4.78, 5) is 0.757. The van der Waals surface area contributed by atoms with E-state index >= 15 is 0 Å². The molecule has 2 rings (SSSR count). The van der Waals surface area contributed by atoms with Gasteiger partial charge in [0, 0.05) is 4.83 Å². The molecule has 0 heterocycles. The van der Waals surface area contributed by atoms with Crippen molar-refractivity contribution in [2.45, 2.75) is 30.5 Å². The average molecular weight is 239 g/mol. The van der Waals surface area contributed by atoms with Crippen LogP contribution in [0.1, 0.15) is 24.8 Å². The lowest BCUT2D eigenvalue weighted by Gasteiger charge is -2.07. The summed E-state index contributed by atoms with van der Waals surface area (Å²) in [5.74, 6) is 0.976. The van der Waals surface area contributed by atoms with E-state index in [9.17, 15) is 0 Å². The smallest absolute Gasteiger partial charge is 0.0177 e. The normalized spacial score (nSPS) is 18.5. The summed E-state index contributed by atoms with van der Waals surface area (Å²) in [7, 11) is 0. The highest BCUT2D eigenvalue weighted by molar-refractivity contribution is 9.09. The Morgan fingerprint density at radius 1 is 1.23 bits per heavy atom. The first kappa shape index (κ1) is 9.26. The molecule has 0 bridgehead atoms. The Morgan fingerprint density at radius 2 is 1.92 bits per heavy atom. The largest absolute Gasteiger partial charge is 0.0888 e. The summed E-state index contributed by atoms with van der Waals surface area (Å²) < 4.78 is 0. The van der Waals surface area contributed by atoms with Crippen molar-refractivity contribution in [3.8, 4) is 0 Å². The van der Waals surface area contributed by atoms with Crippen molar-refractivity contribution in [2.75, 3.05) is 0 Å². The number of aryl methyl sites for hydroxylation is 1. The lowest BCUT2D eigenvalue weighted by molar-refractivity contribution is 0.696. The van der Waals surface area contributed by atoms with E-state index in [1.54, 1.807) is 0 Å². The van der Waals surface area contributed by atoms with E-state index in [4.69, 9.17) is 0 Å². The number of halogens is 1. The Bertz CT molecular complexity index is 251. The summed E-state index contributed by atoms with van der Waals surface area (Å²) in [5.41, 5.74) is 1.47. The standard InChI is InChI=1S/C12H15Br/c13-12(11-7-8-11)9-6-10-4-2-1-3-5-10/h1-5,11-12H,6-9H2. The fourth-order valence-corrected chi connectivity index (χ4v) is 2.40. The van der Waals surface area contributed by atoms with Crippen molar-refractivity contribution in [2.24, 2.45) is 5.92 Å². The van der Waals surface area contributed by atoms with Gasteiger partial charge in [-0.3, -0.25) is 0 Å². The van der Waals surface area contributed by atoms with Crippen molar-refractivity contribution in [1.29, 1.82) is 0 Å². The molecule has 0 spiro atoms. The Hall–Kier alpha value is -0.300. The molecule has 0 saturated heterocycles. The second-order valence-electron chi connectivity index (χ2n) is 3.88. The van der Waals surface area contributed by atoms with Gasteiger partial charge in [0.1, 0.15) is 0 Å². The Kier molecular flexibility index (Phi) is 3.05. The Balaban J connectivity index is 1.78. The minimum Gasteiger partial charge on any atom is -0.0888 e. The molecule has 1 aliphatic carbocycles. The van der Waals surface area contributed by atoms with Gasteiger partial charge >= 0.3 is 0 Å². The molecule has 1 aliphatic rings. The van der Waals surface area contributed by atoms with Crippen molar-refractivity contribution < 1.29 is 0 Å². The first-order chi connectivity index (χ1) is 6.36. The maximum absolute atomic E-state index is 3.76. The van der Waals surface area contributed by atoms with E-state index in [0.29, 0.717) is 0 Å². The molecule has 1 heteroatoms. The van der Waals surface area contributed by atoms with Crippen molar-refractivity contribution in [3.63, 3.8) is 0 Å². The van der Waals surface area contributed by atoms with Gasteiger partial charge in [0.25, 0.3) is 0 Å². The molecule has 13 heavy (non-hydrogen) atoms. The van der Waals surface area contributed by atoms with Crippen LogP contribution < -0.4 is 0 Å². The van der Waals surface area contributed by atoms with Gasteiger partial charge in [0.15, 0.2) is 0 Å². The number of benzene rings is 1. The van der Waals surface area contributed by atoms with Crippen LogP contribution in [0.25, 0.3) is 0 Å². The molecular weight excluding hydrogens is 224 g/mol. The van der Waals surface area contributed by atoms with E-state index in [0.717, 1.165) is 10.7 Å². The molecule has 1 unspecified atom stereocenters. The third-order valence-corrected chi connectivity index (χ3v) is 3.89. The molecule has 1 aromatic rings. The molecule has 0 N–H and O–H groups in total. The molecule has 1 atom stereocenters.